The number of nitrogen functional groups attached to an aromatic ring is 1. The summed E-state index contributed by atoms with van der Waals surface area (Å²) in [6.45, 7) is 1.77. The number of amides is 1. The summed E-state index contributed by atoms with van der Waals surface area (Å²) in [5.74, 6) is 0.0925. The second-order valence-electron chi connectivity index (χ2n) is 4.41. The first kappa shape index (κ1) is 11.3. The molecule has 2 aromatic heterocycles. The van der Waals surface area contributed by atoms with Crippen LogP contribution in [0, 0.1) is 0 Å². The minimum Gasteiger partial charge on any atom is -0.396 e. The largest absolute Gasteiger partial charge is 0.396 e. The molecule has 1 aliphatic rings. The van der Waals surface area contributed by atoms with Gasteiger partial charge in [0.15, 0.2) is 0 Å². The highest BCUT2D eigenvalue weighted by atomic mass is 32.1. The Morgan fingerprint density at radius 3 is 3.22 bits per heavy atom. The molecule has 1 aliphatic heterocycles. The fourth-order valence-corrected chi connectivity index (χ4v) is 3.06. The standard InChI is InChI=1S/C12H14N4OS/c13-10-5-14-16(7-10)8-12(17)15-3-1-11-9(6-15)2-4-18-11/h2,4-5,7H,1,3,6,8,13H2. The Balaban J connectivity index is 1.67. The summed E-state index contributed by atoms with van der Waals surface area (Å²) in [6, 6.07) is 2.10. The predicted octanol–water partition coefficient (Wildman–Crippen LogP) is 1.11. The molecule has 18 heavy (non-hydrogen) atoms. The molecule has 0 unspecified atom stereocenters. The molecule has 0 aliphatic carbocycles. The van der Waals surface area contributed by atoms with Gasteiger partial charge < -0.3 is 10.6 Å². The molecule has 3 rings (SSSR count). The number of hydrogen-bond donors (Lipinski definition) is 1. The van der Waals surface area contributed by atoms with Crippen molar-refractivity contribution in [2.45, 2.75) is 19.5 Å². The van der Waals surface area contributed by atoms with Crippen molar-refractivity contribution in [1.29, 1.82) is 0 Å². The van der Waals surface area contributed by atoms with E-state index in [4.69, 9.17) is 5.73 Å². The van der Waals surface area contributed by atoms with Gasteiger partial charge in [0, 0.05) is 24.2 Å². The highest BCUT2D eigenvalue weighted by Crippen LogP contribution is 2.24. The molecule has 5 nitrogen and oxygen atoms in total. The lowest BCUT2D eigenvalue weighted by atomic mass is 10.1. The van der Waals surface area contributed by atoms with Crippen LogP contribution in [0.4, 0.5) is 5.69 Å². The van der Waals surface area contributed by atoms with E-state index in [1.807, 2.05) is 4.90 Å². The first-order chi connectivity index (χ1) is 8.72. The first-order valence-corrected chi connectivity index (χ1v) is 6.71. The van der Waals surface area contributed by atoms with E-state index in [-0.39, 0.29) is 12.5 Å². The maximum absolute atomic E-state index is 12.1. The molecule has 0 saturated carbocycles. The smallest absolute Gasteiger partial charge is 0.244 e. The molecule has 0 atom stereocenters. The van der Waals surface area contributed by atoms with Crippen LogP contribution in [0.2, 0.25) is 0 Å². The van der Waals surface area contributed by atoms with Crippen LogP contribution >= 0.6 is 11.3 Å². The van der Waals surface area contributed by atoms with Crippen molar-refractivity contribution in [2.75, 3.05) is 12.3 Å². The summed E-state index contributed by atoms with van der Waals surface area (Å²) < 4.78 is 1.58. The minimum atomic E-state index is 0.0925. The number of nitrogens with zero attached hydrogens (tertiary/aromatic N) is 3. The summed E-state index contributed by atoms with van der Waals surface area (Å²) in [4.78, 5) is 15.4. The molecule has 6 heteroatoms. The monoisotopic (exact) mass is 262 g/mol. The summed E-state index contributed by atoms with van der Waals surface area (Å²) in [5.41, 5.74) is 7.44. The second kappa shape index (κ2) is 4.45. The molecule has 0 radical (unpaired) electrons. The Labute approximate surface area is 109 Å². The Kier molecular flexibility index (Phi) is 2.79. The number of thiophene rings is 1. The van der Waals surface area contributed by atoms with Crippen LogP contribution in [0.15, 0.2) is 23.8 Å². The lowest BCUT2D eigenvalue weighted by Crippen LogP contribution is -2.37. The number of rotatable bonds is 2. The molecule has 0 fully saturated rings. The zero-order valence-electron chi connectivity index (χ0n) is 9.87. The zero-order chi connectivity index (χ0) is 12.5. The molecule has 1 amide bonds. The Morgan fingerprint density at radius 1 is 1.56 bits per heavy atom. The molecular weight excluding hydrogens is 248 g/mol. The van der Waals surface area contributed by atoms with Crippen LogP contribution in [0.5, 0.6) is 0 Å². The third-order valence-electron chi connectivity index (χ3n) is 3.11. The number of carbonyl (C=O) groups is 1. The molecule has 3 heterocycles. The van der Waals surface area contributed by atoms with Gasteiger partial charge in [0.1, 0.15) is 6.54 Å². The Hall–Kier alpha value is -1.82. The maximum atomic E-state index is 12.1. The summed E-state index contributed by atoms with van der Waals surface area (Å²) >= 11 is 1.77. The number of hydrogen-bond acceptors (Lipinski definition) is 4. The van der Waals surface area contributed by atoms with Gasteiger partial charge in [0.05, 0.1) is 11.9 Å². The fourth-order valence-electron chi connectivity index (χ4n) is 2.17. The molecule has 94 valence electrons. The van der Waals surface area contributed by atoms with Crippen molar-refractivity contribution in [3.8, 4) is 0 Å². The van der Waals surface area contributed by atoms with E-state index in [2.05, 4.69) is 16.5 Å². The molecule has 2 N–H and O–H groups in total. The van der Waals surface area contributed by atoms with E-state index in [0.29, 0.717) is 12.2 Å². The number of anilines is 1. The van der Waals surface area contributed by atoms with Crippen LogP contribution in [0.25, 0.3) is 0 Å². The van der Waals surface area contributed by atoms with Crippen molar-refractivity contribution < 1.29 is 4.79 Å². The average molecular weight is 262 g/mol. The molecule has 2 aromatic rings. The van der Waals surface area contributed by atoms with Crippen molar-refractivity contribution in [3.63, 3.8) is 0 Å². The molecule has 0 aromatic carbocycles. The van der Waals surface area contributed by atoms with Crippen molar-refractivity contribution in [3.05, 3.63) is 34.3 Å². The van der Waals surface area contributed by atoms with Crippen LogP contribution < -0.4 is 5.73 Å². The van der Waals surface area contributed by atoms with E-state index in [9.17, 15) is 4.79 Å². The van der Waals surface area contributed by atoms with Gasteiger partial charge in [-0.15, -0.1) is 11.3 Å². The minimum absolute atomic E-state index is 0.0925. The van der Waals surface area contributed by atoms with Crippen LogP contribution in [-0.2, 0) is 24.3 Å². The lowest BCUT2D eigenvalue weighted by molar-refractivity contribution is -0.132. The average Bonchev–Trinajstić information content (AvgIpc) is 2.96. The van der Waals surface area contributed by atoms with Gasteiger partial charge >= 0.3 is 0 Å². The SMILES string of the molecule is Nc1cnn(CC(=O)N2CCc3sccc3C2)c1. The fraction of sp³-hybridized carbons (Fsp3) is 0.333. The van der Waals surface area contributed by atoms with E-state index in [1.165, 1.54) is 10.4 Å². The van der Waals surface area contributed by atoms with Gasteiger partial charge in [0.25, 0.3) is 0 Å². The highest BCUT2D eigenvalue weighted by Gasteiger charge is 2.21. The van der Waals surface area contributed by atoms with Gasteiger partial charge in [-0.05, 0) is 23.4 Å². The number of aromatic nitrogens is 2. The number of carbonyl (C=O) groups excluding carboxylic acids is 1. The highest BCUT2D eigenvalue weighted by molar-refractivity contribution is 7.10. The quantitative estimate of drug-likeness (QED) is 0.882. The van der Waals surface area contributed by atoms with Gasteiger partial charge in [-0.25, -0.2) is 0 Å². The lowest BCUT2D eigenvalue weighted by Gasteiger charge is -2.26. The molecular formula is C12H14N4OS. The van der Waals surface area contributed by atoms with Crippen molar-refractivity contribution >= 4 is 22.9 Å². The van der Waals surface area contributed by atoms with Crippen molar-refractivity contribution in [2.24, 2.45) is 0 Å². The number of fused-ring (bicyclic) bond motifs is 1. The second-order valence-corrected chi connectivity index (χ2v) is 5.41. The topological polar surface area (TPSA) is 64.1 Å². The van der Waals surface area contributed by atoms with Gasteiger partial charge in [-0.1, -0.05) is 0 Å². The summed E-state index contributed by atoms with van der Waals surface area (Å²) in [7, 11) is 0. The van der Waals surface area contributed by atoms with E-state index < -0.39 is 0 Å². The van der Waals surface area contributed by atoms with Crippen LogP contribution in [0.3, 0.4) is 0 Å². The molecule has 0 spiro atoms. The van der Waals surface area contributed by atoms with Crippen molar-refractivity contribution in [1.82, 2.24) is 14.7 Å². The zero-order valence-corrected chi connectivity index (χ0v) is 10.7. The van der Waals surface area contributed by atoms with E-state index >= 15 is 0 Å². The maximum Gasteiger partial charge on any atom is 0.244 e. The van der Waals surface area contributed by atoms with Crippen LogP contribution in [0.1, 0.15) is 10.4 Å². The van der Waals surface area contributed by atoms with Crippen LogP contribution in [-0.4, -0.2) is 27.1 Å². The first-order valence-electron chi connectivity index (χ1n) is 5.83. The third kappa shape index (κ3) is 2.11. The predicted molar refractivity (Wildman–Crippen MR) is 70.1 cm³/mol. The number of nitrogens with two attached hydrogens (primary N) is 1. The Bertz CT molecular complexity index is 574. The summed E-state index contributed by atoms with van der Waals surface area (Å²) in [6.07, 6.45) is 4.19. The molecule has 0 saturated heterocycles. The molecule has 0 bridgehead atoms. The third-order valence-corrected chi connectivity index (χ3v) is 4.13. The van der Waals surface area contributed by atoms with E-state index in [0.717, 1.165) is 13.0 Å². The van der Waals surface area contributed by atoms with E-state index in [1.54, 1.807) is 28.4 Å². The summed E-state index contributed by atoms with van der Waals surface area (Å²) in [5, 5.41) is 6.12. The van der Waals surface area contributed by atoms with Gasteiger partial charge in [-0.2, -0.15) is 5.10 Å². The Morgan fingerprint density at radius 2 is 2.44 bits per heavy atom. The van der Waals surface area contributed by atoms with Gasteiger partial charge in [-0.3, -0.25) is 9.48 Å². The normalized spacial score (nSPS) is 14.6. The van der Waals surface area contributed by atoms with Gasteiger partial charge in [0.2, 0.25) is 5.91 Å².